The molecule has 1 N–H and O–H groups in total. The number of ether oxygens (including phenoxy) is 1. The highest BCUT2D eigenvalue weighted by molar-refractivity contribution is 5.17. The summed E-state index contributed by atoms with van der Waals surface area (Å²) in [5.41, 5.74) is 2.29. The smallest absolute Gasteiger partial charge is 0.102 e. The second-order valence-corrected chi connectivity index (χ2v) is 6.22. The SMILES string of the molecule is OC(COC1CCN(Cc2ccccc2)CC1)c1ccccc1. The van der Waals surface area contributed by atoms with E-state index in [0.717, 1.165) is 38.0 Å². The van der Waals surface area contributed by atoms with Gasteiger partial charge in [-0.3, -0.25) is 4.90 Å². The first-order chi connectivity index (χ1) is 11.3. The molecule has 1 fully saturated rings. The summed E-state index contributed by atoms with van der Waals surface area (Å²) < 4.78 is 5.92. The Morgan fingerprint density at radius 2 is 1.57 bits per heavy atom. The lowest BCUT2D eigenvalue weighted by Gasteiger charge is -2.32. The molecule has 122 valence electrons. The Balaban J connectivity index is 1.39. The molecule has 1 aliphatic rings. The molecule has 1 atom stereocenters. The van der Waals surface area contributed by atoms with Crippen molar-refractivity contribution in [2.24, 2.45) is 0 Å². The third kappa shape index (κ3) is 4.90. The second kappa shape index (κ2) is 8.25. The van der Waals surface area contributed by atoms with Gasteiger partial charge in [-0.2, -0.15) is 0 Å². The van der Waals surface area contributed by atoms with Crippen LogP contribution >= 0.6 is 0 Å². The van der Waals surface area contributed by atoms with Gasteiger partial charge in [0.2, 0.25) is 0 Å². The Hall–Kier alpha value is -1.68. The first-order valence-electron chi connectivity index (χ1n) is 8.42. The van der Waals surface area contributed by atoms with E-state index in [1.807, 2.05) is 30.3 Å². The molecule has 0 aromatic heterocycles. The summed E-state index contributed by atoms with van der Waals surface area (Å²) in [4.78, 5) is 2.48. The van der Waals surface area contributed by atoms with Crippen LogP contribution in [0.15, 0.2) is 60.7 Å². The minimum absolute atomic E-state index is 0.264. The summed E-state index contributed by atoms with van der Waals surface area (Å²) >= 11 is 0. The van der Waals surface area contributed by atoms with Crippen LogP contribution in [0.3, 0.4) is 0 Å². The number of likely N-dealkylation sites (tertiary alicyclic amines) is 1. The molecule has 1 saturated heterocycles. The van der Waals surface area contributed by atoms with Crippen molar-refractivity contribution in [1.82, 2.24) is 4.90 Å². The van der Waals surface area contributed by atoms with E-state index in [1.165, 1.54) is 5.56 Å². The second-order valence-electron chi connectivity index (χ2n) is 6.22. The molecule has 0 spiro atoms. The highest BCUT2D eigenvalue weighted by Crippen LogP contribution is 2.19. The van der Waals surface area contributed by atoms with Gasteiger partial charge in [0.15, 0.2) is 0 Å². The Labute approximate surface area is 138 Å². The molecule has 3 rings (SSSR count). The zero-order valence-electron chi connectivity index (χ0n) is 13.5. The van der Waals surface area contributed by atoms with Gasteiger partial charge < -0.3 is 9.84 Å². The number of nitrogens with zero attached hydrogens (tertiary/aromatic N) is 1. The molecule has 1 unspecified atom stereocenters. The molecule has 2 aromatic rings. The van der Waals surface area contributed by atoms with Crippen LogP contribution in [0.5, 0.6) is 0 Å². The molecule has 0 amide bonds. The van der Waals surface area contributed by atoms with Crippen molar-refractivity contribution in [2.45, 2.75) is 31.6 Å². The number of hydrogen-bond donors (Lipinski definition) is 1. The van der Waals surface area contributed by atoms with Gasteiger partial charge in [0.25, 0.3) is 0 Å². The van der Waals surface area contributed by atoms with E-state index in [1.54, 1.807) is 0 Å². The van der Waals surface area contributed by atoms with E-state index in [9.17, 15) is 5.11 Å². The molecule has 3 heteroatoms. The average molecular weight is 311 g/mol. The molecular formula is C20H25NO2. The Morgan fingerprint density at radius 3 is 2.22 bits per heavy atom. The quantitative estimate of drug-likeness (QED) is 0.887. The Morgan fingerprint density at radius 1 is 0.957 bits per heavy atom. The zero-order chi connectivity index (χ0) is 15.9. The summed E-state index contributed by atoms with van der Waals surface area (Å²) in [6.45, 7) is 3.51. The van der Waals surface area contributed by atoms with E-state index >= 15 is 0 Å². The van der Waals surface area contributed by atoms with Crippen molar-refractivity contribution in [3.8, 4) is 0 Å². The van der Waals surface area contributed by atoms with Crippen LogP contribution in [0, 0.1) is 0 Å². The van der Waals surface area contributed by atoms with E-state index in [-0.39, 0.29) is 6.10 Å². The van der Waals surface area contributed by atoms with Crippen LogP contribution in [-0.4, -0.2) is 35.8 Å². The number of aliphatic hydroxyl groups excluding tert-OH is 1. The van der Waals surface area contributed by atoms with Gasteiger partial charge in [0, 0.05) is 19.6 Å². The molecule has 0 saturated carbocycles. The fraction of sp³-hybridized carbons (Fsp3) is 0.400. The largest absolute Gasteiger partial charge is 0.386 e. The summed E-state index contributed by atoms with van der Waals surface area (Å²) in [5, 5.41) is 10.2. The average Bonchev–Trinajstić information content (AvgIpc) is 2.62. The van der Waals surface area contributed by atoms with E-state index in [0.29, 0.717) is 6.61 Å². The van der Waals surface area contributed by atoms with Gasteiger partial charge in [-0.15, -0.1) is 0 Å². The molecule has 0 bridgehead atoms. The van der Waals surface area contributed by atoms with Gasteiger partial charge in [0.05, 0.1) is 12.7 Å². The monoisotopic (exact) mass is 311 g/mol. The van der Waals surface area contributed by atoms with Gasteiger partial charge >= 0.3 is 0 Å². The maximum absolute atomic E-state index is 10.2. The van der Waals surface area contributed by atoms with Crippen molar-refractivity contribution < 1.29 is 9.84 Å². The van der Waals surface area contributed by atoms with Gasteiger partial charge in [-0.05, 0) is 24.0 Å². The minimum atomic E-state index is -0.529. The van der Waals surface area contributed by atoms with Crippen molar-refractivity contribution >= 4 is 0 Å². The van der Waals surface area contributed by atoms with Crippen molar-refractivity contribution in [3.63, 3.8) is 0 Å². The van der Waals surface area contributed by atoms with E-state index in [4.69, 9.17) is 4.74 Å². The highest BCUT2D eigenvalue weighted by atomic mass is 16.5. The zero-order valence-corrected chi connectivity index (χ0v) is 13.5. The lowest BCUT2D eigenvalue weighted by molar-refractivity contribution is -0.0365. The number of hydrogen-bond acceptors (Lipinski definition) is 3. The normalized spacial score (nSPS) is 18.0. The van der Waals surface area contributed by atoms with Gasteiger partial charge in [0.1, 0.15) is 6.10 Å². The van der Waals surface area contributed by atoms with Crippen molar-refractivity contribution in [3.05, 3.63) is 71.8 Å². The van der Waals surface area contributed by atoms with Crippen LogP contribution in [0.1, 0.15) is 30.1 Å². The third-order valence-electron chi connectivity index (χ3n) is 4.46. The first-order valence-corrected chi connectivity index (χ1v) is 8.42. The first kappa shape index (κ1) is 16.2. The molecule has 23 heavy (non-hydrogen) atoms. The Bertz CT molecular complexity index is 565. The maximum Gasteiger partial charge on any atom is 0.102 e. The molecule has 3 nitrogen and oxygen atoms in total. The van der Waals surface area contributed by atoms with Gasteiger partial charge in [-0.1, -0.05) is 60.7 Å². The summed E-state index contributed by atoms with van der Waals surface area (Å²) in [7, 11) is 0. The fourth-order valence-electron chi connectivity index (χ4n) is 3.07. The van der Waals surface area contributed by atoms with Crippen LogP contribution in [0.2, 0.25) is 0 Å². The standard InChI is InChI=1S/C20H25NO2/c22-20(18-9-5-2-6-10-18)16-23-19-11-13-21(14-12-19)15-17-7-3-1-4-8-17/h1-10,19-20,22H,11-16H2. The number of aliphatic hydroxyl groups is 1. The number of benzene rings is 2. The molecule has 0 aliphatic carbocycles. The molecule has 1 heterocycles. The van der Waals surface area contributed by atoms with Crippen LogP contribution in [0.25, 0.3) is 0 Å². The topological polar surface area (TPSA) is 32.7 Å². The molecular weight excluding hydrogens is 286 g/mol. The van der Waals surface area contributed by atoms with Crippen LogP contribution in [0.4, 0.5) is 0 Å². The summed E-state index contributed by atoms with van der Waals surface area (Å²) in [5.74, 6) is 0. The van der Waals surface area contributed by atoms with Crippen LogP contribution in [-0.2, 0) is 11.3 Å². The predicted molar refractivity (Wildman–Crippen MR) is 92.1 cm³/mol. The maximum atomic E-state index is 10.2. The van der Waals surface area contributed by atoms with E-state index < -0.39 is 6.10 Å². The Kier molecular flexibility index (Phi) is 5.81. The lowest BCUT2D eigenvalue weighted by Crippen LogP contribution is -2.37. The highest BCUT2D eigenvalue weighted by Gasteiger charge is 2.20. The lowest BCUT2D eigenvalue weighted by atomic mass is 10.1. The van der Waals surface area contributed by atoms with E-state index in [2.05, 4.69) is 35.2 Å². The predicted octanol–water partition coefficient (Wildman–Crippen LogP) is 3.40. The molecule has 2 aromatic carbocycles. The fourth-order valence-corrected chi connectivity index (χ4v) is 3.07. The molecule has 1 aliphatic heterocycles. The van der Waals surface area contributed by atoms with Crippen LogP contribution < -0.4 is 0 Å². The summed E-state index contributed by atoms with van der Waals surface area (Å²) in [6.07, 6.45) is 1.81. The van der Waals surface area contributed by atoms with Gasteiger partial charge in [-0.25, -0.2) is 0 Å². The van der Waals surface area contributed by atoms with Crippen molar-refractivity contribution in [2.75, 3.05) is 19.7 Å². The number of rotatable bonds is 6. The number of piperidine rings is 1. The molecule has 0 radical (unpaired) electrons. The summed E-state index contributed by atoms with van der Waals surface area (Å²) in [6, 6.07) is 20.3. The minimum Gasteiger partial charge on any atom is -0.386 e. The third-order valence-corrected chi connectivity index (χ3v) is 4.46. The van der Waals surface area contributed by atoms with Crippen molar-refractivity contribution in [1.29, 1.82) is 0 Å².